The molecule has 0 amide bonds. The van der Waals surface area contributed by atoms with Crippen molar-refractivity contribution in [1.82, 2.24) is 0 Å². The SMILES string of the molecule is C=CCOCOC(=O)C(C)=CC1C[C@H]2CC[C@@]1(C)C2(C)C. The smallest absolute Gasteiger partial charge is 0.335 e. The number of fused-ring (bicyclic) bond motifs is 2. The Labute approximate surface area is 128 Å². The predicted molar refractivity (Wildman–Crippen MR) is 83.6 cm³/mol. The van der Waals surface area contributed by atoms with Crippen LogP contribution in [0.2, 0.25) is 0 Å². The van der Waals surface area contributed by atoms with Gasteiger partial charge in [0.25, 0.3) is 0 Å². The Bertz CT molecular complexity index is 449. The van der Waals surface area contributed by atoms with E-state index in [4.69, 9.17) is 9.47 Å². The van der Waals surface area contributed by atoms with Crippen LogP contribution < -0.4 is 0 Å². The van der Waals surface area contributed by atoms with Crippen molar-refractivity contribution in [2.45, 2.75) is 47.0 Å². The van der Waals surface area contributed by atoms with Crippen molar-refractivity contribution in [3.8, 4) is 0 Å². The second-order valence-corrected chi connectivity index (χ2v) is 7.28. The fourth-order valence-electron chi connectivity index (χ4n) is 4.23. The summed E-state index contributed by atoms with van der Waals surface area (Å²) in [5.41, 5.74) is 1.37. The van der Waals surface area contributed by atoms with E-state index in [1.54, 1.807) is 6.08 Å². The molecule has 3 heteroatoms. The van der Waals surface area contributed by atoms with E-state index < -0.39 is 0 Å². The summed E-state index contributed by atoms with van der Waals surface area (Å²) in [4.78, 5) is 12.0. The Morgan fingerprint density at radius 2 is 2.10 bits per heavy atom. The lowest BCUT2D eigenvalue weighted by atomic mass is 9.66. The maximum atomic E-state index is 12.0. The lowest BCUT2D eigenvalue weighted by Crippen LogP contribution is -2.31. The topological polar surface area (TPSA) is 35.5 Å². The monoisotopic (exact) mass is 292 g/mol. The first-order valence-corrected chi connectivity index (χ1v) is 7.87. The fraction of sp³-hybridized carbons (Fsp3) is 0.722. The van der Waals surface area contributed by atoms with Crippen LogP contribution in [0.25, 0.3) is 0 Å². The first kappa shape index (κ1) is 16.3. The van der Waals surface area contributed by atoms with Gasteiger partial charge in [0.1, 0.15) is 0 Å². The van der Waals surface area contributed by atoms with Gasteiger partial charge < -0.3 is 9.47 Å². The zero-order valence-electron chi connectivity index (χ0n) is 13.8. The van der Waals surface area contributed by atoms with Crippen LogP contribution in [0.15, 0.2) is 24.3 Å². The van der Waals surface area contributed by atoms with Gasteiger partial charge in [-0.3, -0.25) is 0 Å². The van der Waals surface area contributed by atoms with Crippen LogP contribution in [-0.4, -0.2) is 19.4 Å². The van der Waals surface area contributed by atoms with Gasteiger partial charge >= 0.3 is 5.97 Å². The molecular weight excluding hydrogens is 264 g/mol. The van der Waals surface area contributed by atoms with Gasteiger partial charge in [0.2, 0.25) is 0 Å². The number of ether oxygens (including phenoxy) is 2. The van der Waals surface area contributed by atoms with Gasteiger partial charge in [0, 0.05) is 5.57 Å². The molecule has 0 aromatic rings. The number of hydrogen-bond donors (Lipinski definition) is 0. The zero-order valence-corrected chi connectivity index (χ0v) is 13.8. The highest BCUT2D eigenvalue weighted by Crippen LogP contribution is 2.68. The largest absolute Gasteiger partial charge is 0.435 e. The summed E-state index contributed by atoms with van der Waals surface area (Å²) in [6.07, 6.45) is 7.55. The summed E-state index contributed by atoms with van der Waals surface area (Å²) in [6.45, 7) is 12.9. The molecule has 0 aromatic heterocycles. The summed E-state index contributed by atoms with van der Waals surface area (Å²) in [5.74, 6) is 0.986. The second kappa shape index (κ2) is 5.96. The van der Waals surface area contributed by atoms with Crippen molar-refractivity contribution in [1.29, 1.82) is 0 Å². The van der Waals surface area contributed by atoms with Gasteiger partial charge in [0.15, 0.2) is 6.79 Å². The highest BCUT2D eigenvalue weighted by atomic mass is 16.7. The van der Waals surface area contributed by atoms with Gasteiger partial charge in [-0.05, 0) is 48.9 Å². The lowest BCUT2D eigenvalue weighted by Gasteiger charge is -2.38. The van der Waals surface area contributed by atoms with Gasteiger partial charge in [-0.25, -0.2) is 4.79 Å². The zero-order chi connectivity index (χ0) is 15.7. The molecule has 0 spiro atoms. The highest BCUT2D eigenvalue weighted by Gasteiger charge is 2.60. The molecule has 2 aliphatic rings. The van der Waals surface area contributed by atoms with E-state index in [2.05, 4.69) is 33.4 Å². The standard InChI is InChI=1S/C18H28O3/c1-6-9-20-12-21-16(19)13(2)10-15-11-14-7-8-18(15,5)17(14,3)4/h6,10,14-15H,1,7-9,11-12H2,2-5H3/t14-,15?,18-/m1/s1. The molecule has 0 radical (unpaired) electrons. The number of rotatable bonds is 6. The molecule has 0 saturated heterocycles. The molecule has 0 N–H and O–H groups in total. The normalized spacial score (nSPS) is 34.0. The molecule has 118 valence electrons. The van der Waals surface area contributed by atoms with E-state index in [1.165, 1.54) is 19.3 Å². The van der Waals surface area contributed by atoms with Crippen molar-refractivity contribution in [3.05, 3.63) is 24.3 Å². The first-order valence-electron chi connectivity index (χ1n) is 7.87. The molecule has 2 rings (SSSR count). The van der Waals surface area contributed by atoms with Gasteiger partial charge in [-0.2, -0.15) is 0 Å². The van der Waals surface area contributed by atoms with E-state index in [1.807, 2.05) is 6.92 Å². The van der Waals surface area contributed by atoms with Crippen LogP contribution in [0.1, 0.15) is 47.0 Å². The summed E-state index contributed by atoms with van der Waals surface area (Å²) < 4.78 is 10.2. The first-order chi connectivity index (χ1) is 9.83. The van der Waals surface area contributed by atoms with Crippen LogP contribution >= 0.6 is 0 Å². The molecule has 21 heavy (non-hydrogen) atoms. The van der Waals surface area contributed by atoms with E-state index in [-0.39, 0.29) is 12.8 Å². The average Bonchev–Trinajstić information content (AvgIpc) is 2.76. The molecule has 2 saturated carbocycles. The molecular formula is C18H28O3. The number of esters is 1. The number of carbonyl (C=O) groups is 1. The maximum Gasteiger partial charge on any atom is 0.335 e. The summed E-state index contributed by atoms with van der Waals surface area (Å²) in [6, 6.07) is 0. The Hall–Kier alpha value is -1.09. The molecule has 0 heterocycles. The summed E-state index contributed by atoms with van der Waals surface area (Å²) in [7, 11) is 0. The van der Waals surface area contributed by atoms with E-state index >= 15 is 0 Å². The Balaban J connectivity index is 1.97. The summed E-state index contributed by atoms with van der Waals surface area (Å²) >= 11 is 0. The number of hydrogen-bond acceptors (Lipinski definition) is 3. The van der Waals surface area contributed by atoms with Crippen molar-refractivity contribution < 1.29 is 14.3 Å². The number of allylic oxidation sites excluding steroid dienone is 1. The van der Waals surface area contributed by atoms with Crippen LogP contribution in [-0.2, 0) is 14.3 Å². The van der Waals surface area contributed by atoms with E-state index in [9.17, 15) is 4.79 Å². The van der Waals surface area contributed by atoms with Crippen LogP contribution in [0.3, 0.4) is 0 Å². The molecule has 1 unspecified atom stereocenters. The highest BCUT2D eigenvalue weighted by molar-refractivity contribution is 5.87. The Kier molecular flexibility index (Phi) is 4.62. The van der Waals surface area contributed by atoms with Gasteiger partial charge in [-0.15, -0.1) is 6.58 Å². The molecule has 3 nitrogen and oxygen atoms in total. The minimum atomic E-state index is -0.275. The minimum absolute atomic E-state index is 0.00785. The third kappa shape index (κ3) is 2.80. The predicted octanol–water partition coefficient (Wildman–Crippen LogP) is 4.10. The third-order valence-electron chi connectivity index (χ3n) is 6.14. The molecule has 2 bridgehead atoms. The minimum Gasteiger partial charge on any atom is -0.435 e. The Morgan fingerprint density at radius 1 is 1.38 bits per heavy atom. The second-order valence-electron chi connectivity index (χ2n) is 7.28. The maximum absolute atomic E-state index is 12.0. The van der Waals surface area contributed by atoms with Crippen molar-refractivity contribution in [2.75, 3.05) is 13.4 Å². The molecule has 0 aliphatic heterocycles. The molecule has 2 fully saturated rings. The molecule has 0 aromatic carbocycles. The summed E-state index contributed by atoms with van der Waals surface area (Å²) in [5, 5.41) is 0. The van der Waals surface area contributed by atoms with Crippen molar-refractivity contribution >= 4 is 5.97 Å². The molecule has 2 aliphatic carbocycles. The Morgan fingerprint density at radius 3 is 2.62 bits per heavy atom. The quantitative estimate of drug-likeness (QED) is 0.243. The van der Waals surface area contributed by atoms with Crippen molar-refractivity contribution in [2.24, 2.45) is 22.7 Å². The third-order valence-corrected chi connectivity index (χ3v) is 6.14. The van der Waals surface area contributed by atoms with Crippen LogP contribution in [0, 0.1) is 22.7 Å². The van der Waals surface area contributed by atoms with Gasteiger partial charge in [-0.1, -0.05) is 32.9 Å². The van der Waals surface area contributed by atoms with Crippen LogP contribution in [0.4, 0.5) is 0 Å². The van der Waals surface area contributed by atoms with E-state index in [0.717, 1.165) is 5.92 Å². The van der Waals surface area contributed by atoms with Crippen LogP contribution in [0.5, 0.6) is 0 Å². The van der Waals surface area contributed by atoms with Crippen molar-refractivity contribution in [3.63, 3.8) is 0 Å². The average molecular weight is 292 g/mol. The van der Waals surface area contributed by atoms with E-state index in [0.29, 0.717) is 28.9 Å². The lowest BCUT2D eigenvalue weighted by molar-refractivity contribution is -0.150. The molecule has 3 atom stereocenters. The van der Waals surface area contributed by atoms with Gasteiger partial charge in [0.05, 0.1) is 6.61 Å². The number of carbonyl (C=O) groups excluding carboxylic acids is 1. The fourth-order valence-corrected chi connectivity index (χ4v) is 4.23.